The maximum absolute atomic E-state index is 3.60. The Morgan fingerprint density at radius 1 is 0.324 bits per heavy atom. The number of hydrogen-bond acceptors (Lipinski definition) is 0. The lowest BCUT2D eigenvalue weighted by molar-refractivity contribution is 0.816. The first-order chi connectivity index (χ1) is 16.5. The summed E-state index contributed by atoms with van der Waals surface area (Å²) in [6, 6.07) is 0. The fraction of sp³-hybridized carbons (Fsp3) is 0.647. The lowest BCUT2D eigenvalue weighted by atomic mass is 10.3. The van der Waals surface area contributed by atoms with Crippen molar-refractivity contribution in [3.63, 3.8) is 0 Å². The van der Waals surface area contributed by atoms with Crippen LogP contribution in [0.25, 0.3) is 0 Å². The van der Waals surface area contributed by atoms with Crippen molar-refractivity contribution in [3.05, 3.63) is 75.9 Å². The summed E-state index contributed by atoms with van der Waals surface area (Å²) < 4.78 is 0. The van der Waals surface area contributed by atoms with Crippen LogP contribution < -0.4 is 0 Å². The van der Waals surface area contributed by atoms with Crippen LogP contribution in [0.3, 0.4) is 0 Å². The maximum Gasteiger partial charge on any atom is -0.0354 e. The fourth-order valence-corrected chi connectivity index (χ4v) is 1.74. The first-order valence-electron chi connectivity index (χ1n) is 14.1. The molecule has 0 aromatic heterocycles. The molecule has 0 unspecified atom stereocenters. The molecule has 0 aromatic carbocycles. The van der Waals surface area contributed by atoms with E-state index in [2.05, 4.69) is 81.0 Å². The Balaban J connectivity index is -0.0000000695. The lowest BCUT2D eigenvalue weighted by Gasteiger charge is -1.81. The summed E-state index contributed by atoms with van der Waals surface area (Å²) in [4.78, 5) is 0. The molecule has 0 nitrogen and oxygen atoms in total. The normalized spacial score (nSPS) is 7.94. The highest BCUT2D eigenvalue weighted by Gasteiger charge is 1.73. The smallest absolute Gasteiger partial charge is 0.0354 e. The van der Waals surface area contributed by atoms with E-state index in [9.17, 15) is 0 Å². The zero-order valence-corrected chi connectivity index (χ0v) is 25.0. The van der Waals surface area contributed by atoms with Gasteiger partial charge >= 0.3 is 0 Å². The average Bonchev–Trinajstić information content (AvgIpc) is 2.88. The van der Waals surface area contributed by atoms with Gasteiger partial charge in [0, 0.05) is 0 Å². The second-order valence-corrected chi connectivity index (χ2v) is 7.85. The predicted octanol–water partition coefficient (Wildman–Crippen LogP) is 13.4. The van der Waals surface area contributed by atoms with Crippen LogP contribution in [0.2, 0.25) is 0 Å². The molecule has 0 radical (unpaired) electrons. The van der Waals surface area contributed by atoms with Crippen LogP contribution in [-0.2, 0) is 0 Å². The van der Waals surface area contributed by atoms with Crippen molar-refractivity contribution in [2.45, 2.75) is 144 Å². The van der Waals surface area contributed by atoms with Gasteiger partial charge in [-0.1, -0.05) is 142 Å². The highest BCUT2D eigenvalue weighted by atomic mass is 13.8. The highest BCUT2D eigenvalue weighted by molar-refractivity contribution is 4.66. The first kappa shape index (κ1) is 45.9. The summed E-state index contributed by atoms with van der Waals surface area (Å²) >= 11 is 0. The third kappa shape index (κ3) is 127. The van der Waals surface area contributed by atoms with E-state index >= 15 is 0 Å². The minimum Gasteiger partial charge on any atom is -0.103 e. The van der Waals surface area contributed by atoms with Gasteiger partial charge in [0.1, 0.15) is 0 Å². The predicted molar refractivity (Wildman–Crippen MR) is 169 cm³/mol. The molecular formula is C34H68. The van der Waals surface area contributed by atoms with Crippen LogP contribution in [0, 0.1) is 0 Å². The van der Waals surface area contributed by atoms with Gasteiger partial charge in [-0.05, 0) is 38.5 Å². The number of unbranched alkanes of at least 4 members (excludes halogenated alkanes) is 10. The third-order valence-corrected chi connectivity index (χ3v) is 4.10. The van der Waals surface area contributed by atoms with E-state index in [1.165, 1.54) is 96.3 Å². The molecule has 0 saturated carbocycles. The van der Waals surface area contributed by atoms with Crippen LogP contribution in [-0.4, -0.2) is 0 Å². The summed E-state index contributed by atoms with van der Waals surface area (Å²) in [5.74, 6) is 0. The van der Waals surface area contributed by atoms with Gasteiger partial charge in [0.2, 0.25) is 0 Å². The molecule has 0 spiro atoms. The van der Waals surface area contributed by atoms with Gasteiger partial charge in [-0.3, -0.25) is 0 Å². The monoisotopic (exact) mass is 477 g/mol. The molecule has 0 fully saturated rings. The summed E-state index contributed by atoms with van der Waals surface area (Å²) in [6.07, 6.45) is 31.5. The van der Waals surface area contributed by atoms with Crippen LogP contribution in [0.15, 0.2) is 75.9 Å². The minimum atomic E-state index is 1.08. The van der Waals surface area contributed by atoms with Gasteiger partial charge < -0.3 is 0 Å². The quantitative estimate of drug-likeness (QED) is 0.153. The van der Waals surface area contributed by atoms with E-state index in [0.717, 1.165) is 6.42 Å². The van der Waals surface area contributed by atoms with Crippen molar-refractivity contribution in [3.8, 4) is 0 Å². The molecule has 0 aliphatic carbocycles. The molecule has 0 bridgehead atoms. The van der Waals surface area contributed by atoms with Crippen molar-refractivity contribution >= 4 is 0 Å². The Labute approximate surface area is 220 Å². The second-order valence-electron chi connectivity index (χ2n) is 7.85. The summed E-state index contributed by atoms with van der Waals surface area (Å²) in [6.45, 7) is 34.5. The van der Waals surface area contributed by atoms with Crippen molar-refractivity contribution in [2.24, 2.45) is 0 Å². The van der Waals surface area contributed by atoms with Gasteiger partial charge in [0.15, 0.2) is 0 Å². The van der Waals surface area contributed by atoms with Crippen molar-refractivity contribution in [1.29, 1.82) is 0 Å². The van der Waals surface area contributed by atoms with E-state index in [4.69, 9.17) is 0 Å². The average molecular weight is 477 g/mol. The number of hydrogen-bond donors (Lipinski definition) is 0. The van der Waals surface area contributed by atoms with E-state index in [1.807, 2.05) is 36.5 Å². The Morgan fingerprint density at radius 3 is 0.500 bits per heavy atom. The molecule has 0 N–H and O–H groups in total. The lowest BCUT2D eigenvalue weighted by Crippen LogP contribution is -1.61. The van der Waals surface area contributed by atoms with E-state index in [-0.39, 0.29) is 0 Å². The summed E-state index contributed by atoms with van der Waals surface area (Å²) in [5, 5.41) is 0. The molecule has 0 aliphatic heterocycles. The Hall–Kier alpha value is -1.56. The van der Waals surface area contributed by atoms with Gasteiger partial charge in [0.05, 0.1) is 0 Å². The number of rotatable bonds is 16. The maximum atomic E-state index is 3.60. The Bertz CT molecular complexity index is 264. The summed E-state index contributed by atoms with van der Waals surface area (Å²) in [7, 11) is 0. The minimum absolute atomic E-state index is 1.08. The van der Waals surface area contributed by atoms with Crippen molar-refractivity contribution in [2.75, 3.05) is 0 Å². The third-order valence-electron chi connectivity index (χ3n) is 4.10. The van der Waals surface area contributed by atoms with Gasteiger partial charge in [-0.25, -0.2) is 0 Å². The van der Waals surface area contributed by atoms with Crippen LogP contribution in [0.5, 0.6) is 0 Å². The Kier molecular flexibility index (Phi) is 94.1. The number of allylic oxidation sites excluding steroid dienone is 6. The highest BCUT2D eigenvalue weighted by Crippen LogP contribution is 1.93. The molecular weight excluding hydrogens is 408 g/mol. The largest absolute Gasteiger partial charge is 0.103 e. The molecule has 0 heterocycles. The molecule has 0 saturated heterocycles. The van der Waals surface area contributed by atoms with Gasteiger partial charge in [0.25, 0.3) is 0 Å². The molecule has 0 amide bonds. The van der Waals surface area contributed by atoms with Crippen LogP contribution >= 0.6 is 0 Å². The van der Waals surface area contributed by atoms with E-state index in [0.29, 0.717) is 0 Å². The zero-order valence-electron chi connectivity index (χ0n) is 25.0. The molecule has 204 valence electrons. The van der Waals surface area contributed by atoms with Crippen LogP contribution in [0.4, 0.5) is 0 Å². The molecule has 0 atom stereocenters. The SMILES string of the molecule is C=CCC.C=CCCCC.C=CCCCC.C=CCCCC.C=CCCCC.C=CCCCC. The molecule has 34 heavy (non-hydrogen) atoms. The van der Waals surface area contributed by atoms with Crippen molar-refractivity contribution in [1.82, 2.24) is 0 Å². The zero-order chi connectivity index (χ0) is 27.6. The van der Waals surface area contributed by atoms with Crippen LogP contribution in [0.1, 0.15) is 144 Å². The summed E-state index contributed by atoms with van der Waals surface area (Å²) in [5.41, 5.74) is 0. The Morgan fingerprint density at radius 2 is 0.471 bits per heavy atom. The van der Waals surface area contributed by atoms with E-state index in [1.54, 1.807) is 0 Å². The molecule has 0 heteroatoms. The standard InChI is InChI=1S/5C6H12.C4H8/c5*1-3-5-6-4-2;1-3-4-2/h5*3H,1,4-6H2,2H3;3H,1,4H2,2H3. The van der Waals surface area contributed by atoms with Gasteiger partial charge in [-0.15, -0.1) is 39.5 Å². The molecule has 0 aromatic rings. The van der Waals surface area contributed by atoms with E-state index < -0.39 is 0 Å². The first-order valence-corrected chi connectivity index (χ1v) is 14.1. The van der Waals surface area contributed by atoms with Crippen molar-refractivity contribution < 1.29 is 0 Å². The molecule has 0 aliphatic rings. The molecule has 0 rings (SSSR count). The fourth-order valence-electron chi connectivity index (χ4n) is 1.74. The van der Waals surface area contributed by atoms with Gasteiger partial charge in [-0.2, -0.15) is 0 Å². The topological polar surface area (TPSA) is 0 Å². The second kappa shape index (κ2) is 69.7.